The average Bonchev–Trinajstić information content (AvgIpc) is 1.63. The Labute approximate surface area is 97.1 Å². The van der Waals surface area contributed by atoms with Gasteiger partial charge < -0.3 is 0 Å². The summed E-state index contributed by atoms with van der Waals surface area (Å²) in [6.07, 6.45) is 0. The molecule has 0 rings (SSSR count). The van der Waals surface area contributed by atoms with Gasteiger partial charge in [-0.3, -0.25) is 0 Å². The standard InChI is InChI=1S/2C4H9.Al.Na.2H2.H/c2*1-4(2)3;;;;;/h2*4H,1H2,2-3H3;;;2*1H;. The van der Waals surface area contributed by atoms with E-state index in [-0.39, 0.29) is 32.4 Å². The Balaban J connectivity index is -0.000000107. The van der Waals surface area contributed by atoms with Gasteiger partial charge >= 0.3 is 29.6 Å². The molecule has 0 N–H and O–H groups in total. The number of hydrogen-bond acceptors (Lipinski definition) is 0. The molecule has 0 saturated heterocycles. The number of rotatable bonds is 4. The minimum atomic E-state index is 0. The van der Waals surface area contributed by atoms with Gasteiger partial charge in [-0.25, -0.2) is 0 Å². The van der Waals surface area contributed by atoms with Crippen molar-refractivity contribution < 1.29 is 2.85 Å². The van der Waals surface area contributed by atoms with Gasteiger partial charge in [-0.1, -0.05) is 39.5 Å². The van der Waals surface area contributed by atoms with Crippen molar-refractivity contribution in [3.05, 3.63) is 0 Å². The molecule has 59 valence electrons. The second-order valence-corrected chi connectivity index (χ2v) is 5.07. The van der Waals surface area contributed by atoms with Crippen LogP contribution in [0.3, 0.4) is 0 Å². The molecule has 0 aromatic rings. The molecule has 0 aliphatic carbocycles. The van der Waals surface area contributed by atoms with Crippen LogP contribution in [0, 0.1) is 11.8 Å². The molecule has 0 aliphatic rings. The molecular formula is C8H23AlNa. The molecule has 10 heavy (non-hydrogen) atoms. The molecule has 0 atom stereocenters. The summed E-state index contributed by atoms with van der Waals surface area (Å²) in [4.78, 5) is 0. The summed E-state index contributed by atoms with van der Waals surface area (Å²) in [6, 6.07) is 0. The van der Waals surface area contributed by atoms with Gasteiger partial charge in [0.2, 0.25) is 15.2 Å². The molecule has 0 spiro atoms. The predicted octanol–water partition coefficient (Wildman–Crippen LogP) is 2.68. The molecule has 0 heterocycles. The maximum absolute atomic E-state index is 2.31. The third-order valence-electron chi connectivity index (χ3n) is 1.28. The van der Waals surface area contributed by atoms with Gasteiger partial charge in [0.05, 0.1) is 0 Å². The summed E-state index contributed by atoms with van der Waals surface area (Å²) in [5.74, 6) is 1.86. The third kappa shape index (κ3) is 12.2. The van der Waals surface area contributed by atoms with Crippen molar-refractivity contribution in [1.82, 2.24) is 0 Å². The van der Waals surface area contributed by atoms with Crippen LogP contribution >= 0.6 is 0 Å². The van der Waals surface area contributed by atoms with Crippen molar-refractivity contribution in [2.24, 2.45) is 11.8 Å². The van der Waals surface area contributed by atoms with Crippen LogP contribution in [-0.2, 0) is 0 Å². The first-order valence-corrected chi connectivity index (χ1v) is 5.58. The topological polar surface area (TPSA) is 0 Å². The molecule has 2 heteroatoms. The van der Waals surface area contributed by atoms with E-state index >= 15 is 0 Å². The summed E-state index contributed by atoms with van der Waals surface area (Å²) >= 11 is 0.755. The molecule has 1 radical (unpaired) electrons. The number of hydrogen-bond donors (Lipinski definition) is 0. The second-order valence-electron chi connectivity index (χ2n) is 3.55. The van der Waals surface area contributed by atoms with Crippen molar-refractivity contribution in [2.75, 3.05) is 0 Å². The van der Waals surface area contributed by atoms with E-state index in [1.165, 1.54) is 10.6 Å². The Morgan fingerprint density at radius 2 is 1.30 bits per heavy atom. The van der Waals surface area contributed by atoms with E-state index in [2.05, 4.69) is 27.7 Å². The van der Waals surface area contributed by atoms with E-state index in [0.29, 0.717) is 0 Å². The fourth-order valence-corrected chi connectivity index (χ4v) is 2.29. The molecule has 0 fully saturated rings. The van der Waals surface area contributed by atoms with Gasteiger partial charge in [0.25, 0.3) is 0 Å². The van der Waals surface area contributed by atoms with Crippen LogP contribution in [0.1, 0.15) is 30.5 Å². The normalized spacial score (nSPS) is 9.80. The van der Waals surface area contributed by atoms with E-state index in [0.717, 1.165) is 27.1 Å². The molecular weight excluding hydrogens is 146 g/mol. The quantitative estimate of drug-likeness (QED) is 0.568. The van der Waals surface area contributed by atoms with Crippen LogP contribution in [-0.4, -0.2) is 44.8 Å². The SMILES string of the molecule is CC(C)[CH2][Al][CH2]C(C)C.[HH].[HH].[NaH]. The summed E-state index contributed by atoms with van der Waals surface area (Å²) in [5, 5.41) is 2.97. The second kappa shape index (κ2) is 8.63. The van der Waals surface area contributed by atoms with Gasteiger partial charge in [0.15, 0.2) is 0 Å². The Morgan fingerprint density at radius 1 is 1.00 bits per heavy atom. The predicted molar refractivity (Wildman–Crippen MR) is 56.4 cm³/mol. The van der Waals surface area contributed by atoms with Gasteiger partial charge in [-0.05, 0) is 0 Å². The molecule has 0 amide bonds. The molecule has 0 unspecified atom stereocenters. The molecule has 0 saturated carbocycles. The summed E-state index contributed by atoms with van der Waals surface area (Å²) in [5.41, 5.74) is 0. The van der Waals surface area contributed by atoms with Gasteiger partial charge in [-0.15, -0.1) is 10.6 Å². The van der Waals surface area contributed by atoms with Crippen LogP contribution in [0.2, 0.25) is 10.6 Å². The fraction of sp³-hybridized carbons (Fsp3) is 1.00. The van der Waals surface area contributed by atoms with Gasteiger partial charge in [0.1, 0.15) is 0 Å². The molecule has 0 aromatic heterocycles. The zero-order valence-corrected chi connectivity index (χ0v) is 8.30. The maximum atomic E-state index is 2.31. The Morgan fingerprint density at radius 3 is 1.50 bits per heavy atom. The average molecular weight is 169 g/mol. The van der Waals surface area contributed by atoms with E-state index in [4.69, 9.17) is 0 Å². The zero-order valence-electron chi connectivity index (χ0n) is 7.15. The van der Waals surface area contributed by atoms with E-state index in [1.54, 1.807) is 0 Å². The Hall–Kier alpha value is 1.53. The summed E-state index contributed by atoms with van der Waals surface area (Å²) < 4.78 is 0. The van der Waals surface area contributed by atoms with Crippen molar-refractivity contribution in [1.29, 1.82) is 0 Å². The van der Waals surface area contributed by atoms with Crippen LogP contribution < -0.4 is 0 Å². The summed E-state index contributed by atoms with van der Waals surface area (Å²) in [7, 11) is 0. The third-order valence-corrected chi connectivity index (χ3v) is 3.83. The van der Waals surface area contributed by atoms with E-state index in [1.807, 2.05) is 0 Å². The molecule has 0 nitrogen and oxygen atoms in total. The van der Waals surface area contributed by atoms with Crippen LogP contribution in [0.25, 0.3) is 0 Å². The Kier molecular flexibility index (Phi) is 12.1. The molecule has 0 aromatic carbocycles. The zero-order chi connectivity index (χ0) is 7.28. The first-order chi connectivity index (χ1) is 4.13. The van der Waals surface area contributed by atoms with Crippen LogP contribution in [0.5, 0.6) is 0 Å². The van der Waals surface area contributed by atoms with Crippen molar-refractivity contribution in [3.8, 4) is 0 Å². The van der Waals surface area contributed by atoms with Crippen molar-refractivity contribution in [3.63, 3.8) is 0 Å². The van der Waals surface area contributed by atoms with Gasteiger partial charge in [-0.2, -0.15) is 0 Å². The Bertz CT molecular complexity index is 62.1. The van der Waals surface area contributed by atoms with Crippen LogP contribution in [0.15, 0.2) is 0 Å². The fourth-order valence-electron chi connectivity index (χ4n) is 0.763. The molecule has 0 bridgehead atoms. The monoisotopic (exact) mass is 169 g/mol. The molecule has 0 aliphatic heterocycles. The van der Waals surface area contributed by atoms with Crippen LogP contribution in [0.4, 0.5) is 0 Å². The van der Waals surface area contributed by atoms with Crippen molar-refractivity contribution >= 4 is 44.8 Å². The van der Waals surface area contributed by atoms with Gasteiger partial charge in [0, 0.05) is 2.85 Å². The van der Waals surface area contributed by atoms with E-state index in [9.17, 15) is 0 Å². The minimum absolute atomic E-state index is 0. The van der Waals surface area contributed by atoms with E-state index < -0.39 is 0 Å². The van der Waals surface area contributed by atoms with Crippen molar-refractivity contribution in [2.45, 2.75) is 38.3 Å². The first-order valence-electron chi connectivity index (χ1n) is 3.94. The first kappa shape index (κ1) is 14.1. The summed E-state index contributed by atoms with van der Waals surface area (Å²) in [6.45, 7) is 9.25.